The molecule has 0 fully saturated rings. The molecule has 1 atom stereocenters. The summed E-state index contributed by atoms with van der Waals surface area (Å²) in [4.78, 5) is 28.2. The lowest BCUT2D eigenvalue weighted by Gasteiger charge is -2.32. The van der Waals surface area contributed by atoms with Gasteiger partial charge >= 0.3 is 11.9 Å². The van der Waals surface area contributed by atoms with Crippen LogP contribution in [0.1, 0.15) is 25.3 Å². The van der Waals surface area contributed by atoms with E-state index in [1.807, 2.05) is 68.4 Å². The number of nitrogens with zero attached hydrogens (tertiary/aromatic N) is 1. The number of nitrogens with one attached hydrogen (secondary N) is 1. The average molecular weight is 453 g/mol. The molecule has 7 nitrogen and oxygen atoms in total. The number of carbonyl (C=O) groups is 2. The molecular formula is C26H32N2O5. The monoisotopic (exact) mass is 452 g/mol. The van der Waals surface area contributed by atoms with Crippen LogP contribution in [0, 0.1) is 0 Å². The van der Waals surface area contributed by atoms with Crippen LogP contribution >= 0.6 is 0 Å². The third kappa shape index (κ3) is 5.43. The number of dihydropyridines is 1. The predicted molar refractivity (Wildman–Crippen MR) is 128 cm³/mol. The second kappa shape index (κ2) is 11.1. The summed E-state index contributed by atoms with van der Waals surface area (Å²) in [6.45, 7) is 5.23. The SMILES string of the molecule is CCOC(=O)C1=C(COCCN(C)C)NC(C)=C(C(=O)OC)C1c1cccc2ccccc12. The molecular weight excluding hydrogens is 420 g/mol. The fourth-order valence-corrected chi connectivity index (χ4v) is 4.08. The summed E-state index contributed by atoms with van der Waals surface area (Å²) >= 11 is 0. The van der Waals surface area contributed by atoms with Gasteiger partial charge < -0.3 is 24.4 Å². The van der Waals surface area contributed by atoms with Crippen molar-refractivity contribution in [2.75, 3.05) is 47.6 Å². The Hall–Kier alpha value is -3.16. The highest BCUT2D eigenvalue weighted by Crippen LogP contribution is 2.41. The number of hydrogen-bond donors (Lipinski definition) is 1. The van der Waals surface area contributed by atoms with Crippen molar-refractivity contribution in [3.8, 4) is 0 Å². The molecule has 1 aliphatic heterocycles. The Balaban J connectivity index is 2.19. The Morgan fingerprint density at radius 3 is 2.45 bits per heavy atom. The first-order valence-electron chi connectivity index (χ1n) is 11.0. The van der Waals surface area contributed by atoms with Crippen molar-refractivity contribution in [3.05, 3.63) is 70.6 Å². The van der Waals surface area contributed by atoms with Crippen molar-refractivity contribution in [1.82, 2.24) is 10.2 Å². The Morgan fingerprint density at radius 2 is 1.76 bits per heavy atom. The molecule has 7 heteroatoms. The van der Waals surface area contributed by atoms with E-state index in [1.54, 1.807) is 6.92 Å². The molecule has 1 N–H and O–H groups in total. The number of allylic oxidation sites excluding steroid dienone is 1. The van der Waals surface area contributed by atoms with Crippen LogP contribution in [0.5, 0.6) is 0 Å². The molecule has 2 aromatic rings. The van der Waals surface area contributed by atoms with Gasteiger partial charge in [-0.2, -0.15) is 0 Å². The average Bonchev–Trinajstić information content (AvgIpc) is 2.80. The topological polar surface area (TPSA) is 77.1 Å². The van der Waals surface area contributed by atoms with E-state index in [-0.39, 0.29) is 13.2 Å². The minimum atomic E-state index is -0.656. The second-order valence-corrected chi connectivity index (χ2v) is 8.13. The largest absolute Gasteiger partial charge is 0.466 e. The van der Waals surface area contributed by atoms with E-state index in [9.17, 15) is 9.59 Å². The van der Waals surface area contributed by atoms with Gasteiger partial charge in [0.15, 0.2) is 0 Å². The van der Waals surface area contributed by atoms with Crippen molar-refractivity contribution in [3.63, 3.8) is 0 Å². The van der Waals surface area contributed by atoms with E-state index in [2.05, 4.69) is 5.32 Å². The lowest BCUT2D eigenvalue weighted by Crippen LogP contribution is -2.35. The third-order valence-electron chi connectivity index (χ3n) is 5.61. The summed E-state index contributed by atoms with van der Waals surface area (Å²) in [7, 11) is 5.28. The Morgan fingerprint density at radius 1 is 1.03 bits per heavy atom. The number of likely N-dealkylation sites (N-methyl/N-ethyl adjacent to an activating group) is 1. The molecule has 3 rings (SSSR count). The summed E-state index contributed by atoms with van der Waals surface area (Å²) in [5.41, 5.74) is 2.80. The molecule has 0 radical (unpaired) electrons. The number of esters is 2. The molecule has 0 spiro atoms. The number of fused-ring (bicyclic) bond motifs is 1. The molecule has 33 heavy (non-hydrogen) atoms. The third-order valence-corrected chi connectivity index (χ3v) is 5.61. The summed E-state index contributed by atoms with van der Waals surface area (Å²) < 4.78 is 16.4. The number of rotatable bonds is 9. The highest BCUT2D eigenvalue weighted by molar-refractivity contribution is 6.02. The van der Waals surface area contributed by atoms with Crippen LogP contribution < -0.4 is 5.32 Å². The summed E-state index contributed by atoms with van der Waals surface area (Å²) in [6.07, 6.45) is 0. The zero-order chi connectivity index (χ0) is 24.0. The molecule has 176 valence electrons. The molecule has 0 aromatic heterocycles. The van der Waals surface area contributed by atoms with Crippen LogP contribution in [0.3, 0.4) is 0 Å². The van der Waals surface area contributed by atoms with E-state index in [0.29, 0.717) is 29.1 Å². The van der Waals surface area contributed by atoms with Gasteiger partial charge in [0.25, 0.3) is 0 Å². The predicted octanol–water partition coefficient (Wildman–Crippen LogP) is 3.37. The molecule has 0 saturated carbocycles. The van der Waals surface area contributed by atoms with Gasteiger partial charge in [0.1, 0.15) is 0 Å². The smallest absolute Gasteiger partial charge is 0.336 e. The fraction of sp³-hybridized carbons (Fsp3) is 0.385. The molecule has 0 aliphatic carbocycles. The van der Waals surface area contributed by atoms with Crippen LogP contribution in [-0.4, -0.2) is 64.4 Å². The van der Waals surface area contributed by atoms with Gasteiger partial charge in [-0.1, -0.05) is 42.5 Å². The Kier molecular flexibility index (Phi) is 8.25. The van der Waals surface area contributed by atoms with Crippen molar-refractivity contribution in [2.45, 2.75) is 19.8 Å². The maximum Gasteiger partial charge on any atom is 0.336 e. The number of ether oxygens (including phenoxy) is 3. The molecule has 1 heterocycles. The van der Waals surface area contributed by atoms with Gasteiger partial charge in [0, 0.05) is 12.2 Å². The lowest BCUT2D eigenvalue weighted by atomic mass is 9.78. The van der Waals surface area contributed by atoms with E-state index >= 15 is 0 Å². The van der Waals surface area contributed by atoms with Crippen LogP contribution in [0.25, 0.3) is 10.8 Å². The standard InChI is InChI=1S/C26H32N2O5/c1-6-33-26(30)24-21(16-32-15-14-28(3)4)27-17(2)22(25(29)31-5)23(24)20-13-9-11-18-10-7-8-12-19(18)20/h7-13,23,27H,6,14-16H2,1-5H3. The van der Waals surface area contributed by atoms with Gasteiger partial charge in [-0.15, -0.1) is 0 Å². The maximum absolute atomic E-state index is 13.3. The highest BCUT2D eigenvalue weighted by Gasteiger charge is 2.39. The fourth-order valence-electron chi connectivity index (χ4n) is 4.08. The molecule has 0 amide bonds. The zero-order valence-electron chi connectivity index (χ0n) is 19.9. The maximum atomic E-state index is 13.3. The van der Waals surface area contributed by atoms with Gasteiger partial charge in [-0.25, -0.2) is 9.59 Å². The summed E-state index contributed by atoms with van der Waals surface area (Å²) in [5, 5.41) is 5.20. The molecule has 0 bridgehead atoms. The van der Waals surface area contributed by atoms with Crippen molar-refractivity contribution in [1.29, 1.82) is 0 Å². The normalized spacial score (nSPS) is 16.2. The second-order valence-electron chi connectivity index (χ2n) is 8.13. The minimum Gasteiger partial charge on any atom is -0.466 e. The molecule has 1 aliphatic rings. The summed E-state index contributed by atoms with van der Waals surface area (Å²) in [5.74, 6) is -1.63. The van der Waals surface area contributed by atoms with E-state index < -0.39 is 17.9 Å². The van der Waals surface area contributed by atoms with Crippen LogP contribution in [0.4, 0.5) is 0 Å². The first-order valence-corrected chi connectivity index (χ1v) is 11.0. The van der Waals surface area contributed by atoms with Crippen molar-refractivity contribution >= 4 is 22.7 Å². The molecule has 1 unspecified atom stereocenters. The van der Waals surface area contributed by atoms with Gasteiger partial charge in [0.2, 0.25) is 0 Å². The van der Waals surface area contributed by atoms with Gasteiger partial charge in [0.05, 0.1) is 49.7 Å². The molecule has 0 saturated heterocycles. The van der Waals surface area contributed by atoms with Crippen molar-refractivity contribution in [2.24, 2.45) is 0 Å². The number of hydrogen-bond acceptors (Lipinski definition) is 7. The minimum absolute atomic E-state index is 0.190. The van der Waals surface area contributed by atoms with Gasteiger partial charge in [-0.05, 0) is 44.3 Å². The van der Waals surface area contributed by atoms with Crippen molar-refractivity contribution < 1.29 is 23.8 Å². The zero-order valence-corrected chi connectivity index (χ0v) is 19.9. The molecule has 2 aromatic carbocycles. The van der Waals surface area contributed by atoms with Crippen LogP contribution in [0.15, 0.2) is 65.0 Å². The number of carbonyl (C=O) groups excluding carboxylic acids is 2. The van der Waals surface area contributed by atoms with E-state index in [1.165, 1.54) is 7.11 Å². The van der Waals surface area contributed by atoms with Crippen LogP contribution in [-0.2, 0) is 23.8 Å². The van der Waals surface area contributed by atoms with Crippen LogP contribution in [0.2, 0.25) is 0 Å². The first kappa shape index (κ1) is 24.5. The Labute approximate surface area is 195 Å². The number of benzene rings is 2. The highest BCUT2D eigenvalue weighted by atomic mass is 16.5. The summed E-state index contributed by atoms with van der Waals surface area (Å²) in [6, 6.07) is 13.8. The van der Waals surface area contributed by atoms with E-state index in [0.717, 1.165) is 22.9 Å². The lowest BCUT2D eigenvalue weighted by molar-refractivity contribution is -0.139. The van der Waals surface area contributed by atoms with E-state index in [4.69, 9.17) is 14.2 Å². The quantitative estimate of drug-likeness (QED) is 0.462. The first-order chi connectivity index (χ1) is 15.9. The number of methoxy groups -OCH3 is 1. The Bertz CT molecular complexity index is 1080. The van der Waals surface area contributed by atoms with Gasteiger partial charge in [-0.3, -0.25) is 0 Å².